The highest BCUT2D eigenvalue weighted by Gasteiger charge is 2.55. The first-order valence-electron chi connectivity index (χ1n) is 11.2. The van der Waals surface area contributed by atoms with Gasteiger partial charge in [-0.1, -0.05) is 37.5 Å². The van der Waals surface area contributed by atoms with Crippen LogP contribution in [0.2, 0.25) is 0 Å². The van der Waals surface area contributed by atoms with Crippen LogP contribution in [-0.4, -0.2) is 72.1 Å². The van der Waals surface area contributed by atoms with Crippen molar-refractivity contribution in [3.8, 4) is 5.75 Å². The molecule has 1 aromatic carbocycles. The maximum absolute atomic E-state index is 13.2. The van der Waals surface area contributed by atoms with Gasteiger partial charge in [-0.3, -0.25) is 14.6 Å². The Bertz CT molecular complexity index is 806. The smallest absolute Gasteiger partial charge is 0.326 e. The van der Waals surface area contributed by atoms with Crippen molar-refractivity contribution in [2.24, 2.45) is 5.92 Å². The summed E-state index contributed by atoms with van der Waals surface area (Å²) >= 11 is 0. The lowest BCUT2D eigenvalue weighted by Crippen LogP contribution is -2.55. The van der Waals surface area contributed by atoms with E-state index < -0.39 is 5.54 Å². The van der Waals surface area contributed by atoms with Gasteiger partial charge in [-0.25, -0.2) is 9.69 Å². The second-order valence-corrected chi connectivity index (χ2v) is 9.13. The lowest BCUT2D eigenvalue weighted by atomic mass is 9.73. The SMILES string of the molecule is COc1ccc(C)cc1CN1CCN(CN2C(=O)N[C@]3(CCCC[C@H]3C)C2=O)CC1. The van der Waals surface area contributed by atoms with Gasteiger partial charge in [-0.05, 0) is 31.7 Å². The molecule has 0 aromatic heterocycles. The number of amides is 3. The topological polar surface area (TPSA) is 65.1 Å². The molecule has 1 spiro atoms. The zero-order chi connectivity index (χ0) is 21.3. The minimum atomic E-state index is -0.668. The number of hydrogen-bond acceptors (Lipinski definition) is 5. The van der Waals surface area contributed by atoms with Crippen LogP contribution >= 0.6 is 0 Å². The van der Waals surface area contributed by atoms with Gasteiger partial charge in [0.2, 0.25) is 0 Å². The Kier molecular flexibility index (Phi) is 6.02. The number of carbonyl (C=O) groups excluding carboxylic acids is 2. The fourth-order valence-electron chi connectivity index (χ4n) is 5.18. The summed E-state index contributed by atoms with van der Waals surface area (Å²) in [4.78, 5) is 31.9. The van der Waals surface area contributed by atoms with E-state index in [2.05, 4.69) is 41.1 Å². The molecule has 3 fully saturated rings. The first-order valence-corrected chi connectivity index (χ1v) is 11.2. The molecule has 164 valence electrons. The molecule has 3 amide bonds. The molecule has 2 heterocycles. The van der Waals surface area contributed by atoms with Crippen LogP contribution in [0.25, 0.3) is 0 Å². The van der Waals surface area contributed by atoms with E-state index in [0.717, 1.165) is 64.2 Å². The highest BCUT2D eigenvalue weighted by Crippen LogP contribution is 2.38. The average Bonchev–Trinajstić information content (AvgIpc) is 2.97. The Balaban J connectivity index is 1.33. The predicted octanol–water partition coefficient (Wildman–Crippen LogP) is 2.58. The Labute approximate surface area is 179 Å². The standard InChI is InChI=1S/C23H34N4O3/c1-17-7-8-20(30-3)19(14-17)15-25-10-12-26(13-11-25)16-27-21(28)23(24-22(27)29)9-5-4-6-18(23)2/h7-8,14,18H,4-6,9-13,15-16H2,1-3H3,(H,24,29)/t18-,23+/m1/s1. The fraction of sp³-hybridized carbons (Fsp3) is 0.652. The molecule has 1 saturated carbocycles. The molecule has 2 atom stereocenters. The molecular weight excluding hydrogens is 380 g/mol. The van der Waals surface area contributed by atoms with Crippen LogP contribution in [0.3, 0.4) is 0 Å². The van der Waals surface area contributed by atoms with Gasteiger partial charge < -0.3 is 10.1 Å². The largest absolute Gasteiger partial charge is 0.496 e. The van der Waals surface area contributed by atoms with Crippen molar-refractivity contribution < 1.29 is 14.3 Å². The average molecular weight is 415 g/mol. The maximum atomic E-state index is 13.2. The summed E-state index contributed by atoms with van der Waals surface area (Å²) in [6.45, 7) is 8.92. The van der Waals surface area contributed by atoms with Crippen molar-refractivity contribution in [3.63, 3.8) is 0 Å². The molecule has 3 aliphatic rings. The van der Waals surface area contributed by atoms with E-state index in [9.17, 15) is 9.59 Å². The lowest BCUT2D eigenvalue weighted by Gasteiger charge is -2.38. The minimum Gasteiger partial charge on any atom is -0.496 e. The normalized spacial score (nSPS) is 28.2. The monoisotopic (exact) mass is 414 g/mol. The third-order valence-electron chi connectivity index (χ3n) is 7.14. The van der Waals surface area contributed by atoms with E-state index in [0.29, 0.717) is 6.67 Å². The highest BCUT2D eigenvalue weighted by molar-refractivity contribution is 6.07. The van der Waals surface area contributed by atoms with Gasteiger partial charge in [0, 0.05) is 38.3 Å². The number of carbonyl (C=O) groups is 2. The van der Waals surface area contributed by atoms with Crippen LogP contribution in [0.4, 0.5) is 4.79 Å². The Morgan fingerprint density at radius 3 is 2.57 bits per heavy atom. The molecule has 2 saturated heterocycles. The first kappa shape index (κ1) is 21.1. The summed E-state index contributed by atoms with van der Waals surface area (Å²) < 4.78 is 5.51. The van der Waals surface area contributed by atoms with Crippen molar-refractivity contribution in [2.75, 3.05) is 40.0 Å². The molecule has 7 nitrogen and oxygen atoms in total. The van der Waals surface area contributed by atoms with Crippen molar-refractivity contribution in [1.82, 2.24) is 20.0 Å². The van der Waals surface area contributed by atoms with Gasteiger partial charge in [0.1, 0.15) is 11.3 Å². The molecule has 1 aliphatic carbocycles. The number of methoxy groups -OCH3 is 1. The first-order chi connectivity index (χ1) is 14.4. The molecule has 1 aromatic rings. The van der Waals surface area contributed by atoms with Gasteiger partial charge in [0.25, 0.3) is 5.91 Å². The van der Waals surface area contributed by atoms with Crippen molar-refractivity contribution >= 4 is 11.9 Å². The second-order valence-electron chi connectivity index (χ2n) is 9.13. The van der Waals surface area contributed by atoms with Crippen LogP contribution in [0, 0.1) is 12.8 Å². The number of urea groups is 1. The van der Waals surface area contributed by atoms with E-state index in [1.54, 1.807) is 7.11 Å². The van der Waals surface area contributed by atoms with Crippen molar-refractivity contribution in [1.29, 1.82) is 0 Å². The van der Waals surface area contributed by atoms with Crippen molar-refractivity contribution in [3.05, 3.63) is 29.3 Å². The Morgan fingerprint density at radius 1 is 1.13 bits per heavy atom. The van der Waals surface area contributed by atoms with Gasteiger partial charge in [-0.15, -0.1) is 0 Å². The van der Waals surface area contributed by atoms with Gasteiger partial charge in [0.05, 0.1) is 13.8 Å². The van der Waals surface area contributed by atoms with Crippen LogP contribution in [0.15, 0.2) is 18.2 Å². The zero-order valence-corrected chi connectivity index (χ0v) is 18.4. The van der Waals surface area contributed by atoms with E-state index in [1.807, 2.05) is 6.07 Å². The third kappa shape index (κ3) is 3.93. The van der Waals surface area contributed by atoms with E-state index in [4.69, 9.17) is 4.74 Å². The molecule has 2 aliphatic heterocycles. The summed E-state index contributed by atoms with van der Waals surface area (Å²) in [5.74, 6) is 1.11. The summed E-state index contributed by atoms with van der Waals surface area (Å²) in [7, 11) is 1.71. The Hall–Kier alpha value is -2.12. The van der Waals surface area contributed by atoms with Gasteiger partial charge in [-0.2, -0.15) is 0 Å². The molecule has 0 radical (unpaired) electrons. The molecule has 4 rings (SSSR count). The number of rotatable bonds is 5. The maximum Gasteiger partial charge on any atom is 0.326 e. The summed E-state index contributed by atoms with van der Waals surface area (Å²) in [5, 5.41) is 3.05. The van der Waals surface area contributed by atoms with Crippen molar-refractivity contribution in [2.45, 2.75) is 51.6 Å². The number of aryl methyl sites for hydroxylation is 1. The highest BCUT2D eigenvalue weighted by atomic mass is 16.5. The van der Waals surface area contributed by atoms with Crippen LogP contribution < -0.4 is 10.1 Å². The molecular formula is C23H34N4O3. The summed E-state index contributed by atoms with van der Waals surface area (Å²) in [6.07, 6.45) is 3.91. The van der Waals surface area contributed by atoms with Gasteiger partial charge >= 0.3 is 6.03 Å². The number of piperazine rings is 1. The molecule has 7 heteroatoms. The number of nitrogens with one attached hydrogen (secondary N) is 1. The van der Waals surface area contributed by atoms with E-state index in [1.165, 1.54) is 16.0 Å². The lowest BCUT2D eigenvalue weighted by molar-refractivity contribution is -0.136. The van der Waals surface area contributed by atoms with E-state index >= 15 is 0 Å². The molecule has 0 unspecified atom stereocenters. The van der Waals surface area contributed by atoms with Crippen LogP contribution in [0.1, 0.15) is 43.7 Å². The molecule has 1 N–H and O–H groups in total. The minimum absolute atomic E-state index is 0.0216. The quantitative estimate of drug-likeness (QED) is 0.751. The summed E-state index contributed by atoms with van der Waals surface area (Å²) in [5.41, 5.74) is 1.76. The molecule has 30 heavy (non-hydrogen) atoms. The van der Waals surface area contributed by atoms with E-state index in [-0.39, 0.29) is 17.9 Å². The van der Waals surface area contributed by atoms with Gasteiger partial charge in [0.15, 0.2) is 0 Å². The fourth-order valence-corrected chi connectivity index (χ4v) is 5.18. The number of hydrogen-bond donors (Lipinski definition) is 1. The van der Waals surface area contributed by atoms with Crippen LogP contribution in [-0.2, 0) is 11.3 Å². The predicted molar refractivity (Wildman–Crippen MR) is 115 cm³/mol. The summed E-state index contributed by atoms with van der Waals surface area (Å²) in [6, 6.07) is 6.06. The number of nitrogens with zero attached hydrogens (tertiary/aromatic N) is 3. The molecule has 0 bridgehead atoms. The zero-order valence-electron chi connectivity index (χ0n) is 18.4. The number of benzene rings is 1. The van der Waals surface area contributed by atoms with Crippen LogP contribution in [0.5, 0.6) is 5.75 Å². The second kappa shape index (κ2) is 8.55. The Morgan fingerprint density at radius 2 is 1.87 bits per heavy atom. The number of imide groups is 1. The number of ether oxygens (including phenoxy) is 1. The third-order valence-corrected chi connectivity index (χ3v) is 7.14.